The molecule has 2 aromatic rings. The van der Waals surface area contributed by atoms with Crippen molar-refractivity contribution in [3.63, 3.8) is 0 Å². The van der Waals surface area contributed by atoms with Gasteiger partial charge < -0.3 is 15.0 Å². The van der Waals surface area contributed by atoms with Crippen LogP contribution in [0.3, 0.4) is 0 Å². The molecule has 0 radical (unpaired) electrons. The number of halogens is 3. The molecule has 0 bridgehead atoms. The highest BCUT2D eigenvalue weighted by Gasteiger charge is 2.36. The Morgan fingerprint density at radius 2 is 1.76 bits per heavy atom. The minimum atomic E-state index is -4.80. The highest BCUT2D eigenvalue weighted by atomic mass is 19.4. The number of likely N-dealkylation sites (tertiary alicyclic amines) is 1. The van der Waals surface area contributed by atoms with E-state index in [9.17, 15) is 27.6 Å². The van der Waals surface area contributed by atoms with E-state index in [4.69, 9.17) is 0 Å². The number of carbonyl (C=O) groups excluding carboxylic acids is 2. The maximum absolute atomic E-state index is 12.6. The molecule has 4 rings (SSSR count). The highest BCUT2D eigenvalue weighted by Crippen LogP contribution is 2.34. The number of anilines is 1. The third-order valence-corrected chi connectivity index (χ3v) is 5.84. The van der Waals surface area contributed by atoms with Crippen LogP contribution in [0.1, 0.15) is 37.4 Å². The minimum absolute atomic E-state index is 0.0106. The van der Waals surface area contributed by atoms with Gasteiger partial charge in [-0.2, -0.15) is 5.10 Å². The number of rotatable bonds is 6. The first-order valence-corrected chi connectivity index (χ1v) is 10.7. The van der Waals surface area contributed by atoms with Gasteiger partial charge in [-0.15, -0.1) is 13.2 Å². The number of aromatic nitrogens is 3. The van der Waals surface area contributed by atoms with E-state index in [1.54, 1.807) is 7.05 Å². The van der Waals surface area contributed by atoms with Gasteiger partial charge in [-0.05, 0) is 49.9 Å². The molecule has 1 aliphatic carbocycles. The molecular weight excluding hydrogens is 443 g/mol. The van der Waals surface area contributed by atoms with Crippen LogP contribution in [0.2, 0.25) is 0 Å². The second kappa shape index (κ2) is 8.91. The number of amides is 2. The second-order valence-corrected chi connectivity index (χ2v) is 8.35. The number of hydrogen-bond donors (Lipinski definition) is 1. The summed E-state index contributed by atoms with van der Waals surface area (Å²) >= 11 is 0. The van der Waals surface area contributed by atoms with Crippen molar-refractivity contribution >= 4 is 17.5 Å². The van der Waals surface area contributed by atoms with Gasteiger partial charge in [0.05, 0.1) is 0 Å². The first-order chi connectivity index (χ1) is 15.6. The molecule has 2 amide bonds. The lowest BCUT2D eigenvalue weighted by atomic mass is 9.95. The Kier molecular flexibility index (Phi) is 6.17. The van der Waals surface area contributed by atoms with Gasteiger partial charge in [-0.25, -0.2) is 9.48 Å². The Hall–Kier alpha value is -3.31. The standard InChI is InChI=1S/C21H24F3N5O4/c1-27-18(13-8-10-28(11-9-13)19(31)14-2-3-14)26-29(20(27)32)12-17(30)25-15-4-6-16(7-5-15)33-21(22,23)24/h4-7,13-14H,2-3,8-12H2,1H3,(H,25,30). The predicted octanol–water partition coefficient (Wildman–Crippen LogP) is 2.24. The quantitative estimate of drug-likeness (QED) is 0.703. The average Bonchev–Trinajstić information content (AvgIpc) is 3.57. The van der Waals surface area contributed by atoms with Gasteiger partial charge in [0.1, 0.15) is 18.1 Å². The number of nitrogens with zero attached hydrogens (tertiary/aromatic N) is 4. The van der Waals surface area contributed by atoms with Gasteiger partial charge in [-0.1, -0.05) is 0 Å². The normalized spacial score (nSPS) is 17.2. The molecule has 0 atom stereocenters. The fourth-order valence-electron chi connectivity index (χ4n) is 3.99. The lowest BCUT2D eigenvalue weighted by Gasteiger charge is -2.31. The summed E-state index contributed by atoms with van der Waals surface area (Å²) < 4.78 is 43.0. The van der Waals surface area contributed by atoms with E-state index in [1.807, 2.05) is 4.90 Å². The molecule has 33 heavy (non-hydrogen) atoms. The summed E-state index contributed by atoms with van der Waals surface area (Å²) in [7, 11) is 1.60. The molecule has 1 aromatic heterocycles. The molecule has 1 saturated heterocycles. The predicted molar refractivity (Wildman–Crippen MR) is 111 cm³/mol. The summed E-state index contributed by atoms with van der Waals surface area (Å²) in [4.78, 5) is 39.0. The van der Waals surface area contributed by atoms with E-state index in [2.05, 4.69) is 15.2 Å². The molecule has 1 N–H and O–H groups in total. The van der Waals surface area contributed by atoms with Crippen molar-refractivity contribution in [3.05, 3.63) is 40.6 Å². The molecule has 178 valence electrons. The minimum Gasteiger partial charge on any atom is -0.406 e. The Bertz CT molecular complexity index is 1080. The van der Waals surface area contributed by atoms with E-state index in [-0.39, 0.29) is 30.0 Å². The van der Waals surface area contributed by atoms with E-state index >= 15 is 0 Å². The van der Waals surface area contributed by atoms with Crippen LogP contribution in [0.4, 0.5) is 18.9 Å². The van der Waals surface area contributed by atoms with Crippen molar-refractivity contribution in [2.45, 2.75) is 44.5 Å². The van der Waals surface area contributed by atoms with Gasteiger partial charge >= 0.3 is 12.1 Å². The van der Waals surface area contributed by atoms with Crippen molar-refractivity contribution in [3.8, 4) is 5.75 Å². The first-order valence-electron chi connectivity index (χ1n) is 10.7. The van der Waals surface area contributed by atoms with E-state index in [0.29, 0.717) is 31.8 Å². The molecule has 0 unspecified atom stereocenters. The van der Waals surface area contributed by atoms with Crippen LogP contribution in [0.25, 0.3) is 0 Å². The zero-order valence-electron chi connectivity index (χ0n) is 18.0. The summed E-state index contributed by atoms with van der Waals surface area (Å²) in [5.74, 6) is 0.0167. The Morgan fingerprint density at radius 1 is 1.12 bits per heavy atom. The van der Waals surface area contributed by atoms with Gasteiger partial charge in [0, 0.05) is 37.7 Å². The van der Waals surface area contributed by atoms with Crippen LogP contribution in [-0.4, -0.2) is 50.5 Å². The zero-order valence-corrected chi connectivity index (χ0v) is 18.0. The molecule has 2 aliphatic rings. The van der Waals surface area contributed by atoms with Crippen LogP contribution in [0.15, 0.2) is 29.1 Å². The highest BCUT2D eigenvalue weighted by molar-refractivity contribution is 5.90. The molecule has 1 aromatic carbocycles. The summed E-state index contributed by atoms with van der Waals surface area (Å²) in [6.07, 6.45) is -1.48. The summed E-state index contributed by atoms with van der Waals surface area (Å²) in [6.45, 7) is 0.900. The molecular formula is C21H24F3N5O4. The van der Waals surface area contributed by atoms with Crippen LogP contribution >= 0.6 is 0 Å². The molecule has 12 heteroatoms. The van der Waals surface area contributed by atoms with E-state index < -0.39 is 23.7 Å². The summed E-state index contributed by atoms with van der Waals surface area (Å²) in [5.41, 5.74) is -0.183. The second-order valence-electron chi connectivity index (χ2n) is 8.35. The van der Waals surface area contributed by atoms with E-state index in [0.717, 1.165) is 29.7 Å². The Morgan fingerprint density at radius 3 is 2.33 bits per heavy atom. The molecule has 2 fully saturated rings. The molecule has 9 nitrogen and oxygen atoms in total. The largest absolute Gasteiger partial charge is 0.573 e. The number of piperidine rings is 1. The SMILES string of the molecule is Cn1c(C2CCN(C(=O)C3CC3)CC2)nn(CC(=O)Nc2ccc(OC(F)(F)F)cc2)c1=O. The topological polar surface area (TPSA) is 98.5 Å². The van der Waals surface area contributed by atoms with Crippen molar-refractivity contribution < 1.29 is 27.5 Å². The van der Waals surface area contributed by atoms with Crippen LogP contribution in [0.5, 0.6) is 5.75 Å². The van der Waals surface area contributed by atoms with Gasteiger partial charge in [0.2, 0.25) is 11.8 Å². The number of benzene rings is 1. The summed E-state index contributed by atoms with van der Waals surface area (Å²) in [6, 6.07) is 4.69. The number of carbonyl (C=O) groups is 2. The maximum atomic E-state index is 12.6. The number of alkyl halides is 3. The Labute approximate surface area is 187 Å². The molecule has 1 aliphatic heterocycles. The van der Waals surface area contributed by atoms with E-state index in [1.165, 1.54) is 16.7 Å². The summed E-state index contributed by atoms with van der Waals surface area (Å²) in [5, 5.41) is 6.87. The fraction of sp³-hybridized carbons (Fsp3) is 0.524. The smallest absolute Gasteiger partial charge is 0.406 e. The van der Waals surface area contributed by atoms with Crippen molar-refractivity contribution in [1.29, 1.82) is 0 Å². The van der Waals surface area contributed by atoms with Crippen molar-refractivity contribution in [2.24, 2.45) is 13.0 Å². The monoisotopic (exact) mass is 467 g/mol. The third-order valence-electron chi connectivity index (χ3n) is 5.84. The number of hydrogen-bond acceptors (Lipinski definition) is 5. The van der Waals surface area contributed by atoms with Crippen molar-refractivity contribution in [2.75, 3.05) is 18.4 Å². The lowest BCUT2D eigenvalue weighted by molar-refractivity contribution is -0.274. The van der Waals surface area contributed by atoms with Crippen LogP contribution < -0.4 is 15.7 Å². The fourth-order valence-corrected chi connectivity index (χ4v) is 3.99. The maximum Gasteiger partial charge on any atom is 0.573 e. The van der Waals surface area contributed by atoms with Crippen molar-refractivity contribution in [1.82, 2.24) is 19.2 Å². The average molecular weight is 467 g/mol. The number of nitrogens with one attached hydrogen (secondary N) is 1. The Balaban J connectivity index is 1.35. The van der Waals surface area contributed by atoms with Crippen LogP contribution in [-0.2, 0) is 23.2 Å². The molecule has 1 saturated carbocycles. The first kappa shape index (κ1) is 22.9. The lowest BCUT2D eigenvalue weighted by Crippen LogP contribution is -2.39. The van der Waals surface area contributed by atoms with Gasteiger partial charge in [0.25, 0.3) is 0 Å². The van der Waals surface area contributed by atoms with Gasteiger partial charge in [0.15, 0.2) is 0 Å². The molecule has 2 heterocycles. The van der Waals surface area contributed by atoms with Gasteiger partial charge in [-0.3, -0.25) is 14.2 Å². The number of ether oxygens (including phenoxy) is 1. The molecule has 0 spiro atoms. The zero-order chi connectivity index (χ0) is 23.8. The third kappa shape index (κ3) is 5.55. The van der Waals surface area contributed by atoms with Crippen LogP contribution in [0, 0.1) is 5.92 Å².